The molecule has 0 spiro atoms. The van der Waals surface area contributed by atoms with Gasteiger partial charge in [0.05, 0.1) is 0 Å². The van der Waals surface area contributed by atoms with Crippen molar-refractivity contribution in [2.75, 3.05) is 40.3 Å². The van der Waals surface area contributed by atoms with Crippen LogP contribution in [0.1, 0.15) is 46.0 Å². The monoisotopic (exact) mass is 255 g/mol. The van der Waals surface area contributed by atoms with Gasteiger partial charge in [-0.05, 0) is 32.9 Å². The van der Waals surface area contributed by atoms with Crippen molar-refractivity contribution in [1.82, 2.24) is 9.80 Å². The molecule has 1 rings (SSSR count). The van der Waals surface area contributed by atoms with E-state index in [4.69, 9.17) is 5.73 Å². The van der Waals surface area contributed by atoms with Gasteiger partial charge in [0.1, 0.15) is 0 Å². The normalized spacial score (nSPS) is 20.0. The van der Waals surface area contributed by atoms with Crippen molar-refractivity contribution < 1.29 is 0 Å². The Hall–Kier alpha value is -0.120. The van der Waals surface area contributed by atoms with Crippen LogP contribution in [0.25, 0.3) is 0 Å². The highest BCUT2D eigenvalue weighted by molar-refractivity contribution is 4.90. The van der Waals surface area contributed by atoms with E-state index in [-0.39, 0.29) is 5.54 Å². The van der Waals surface area contributed by atoms with Crippen molar-refractivity contribution in [2.45, 2.75) is 51.5 Å². The van der Waals surface area contributed by atoms with Crippen LogP contribution in [-0.4, -0.2) is 55.6 Å². The Morgan fingerprint density at radius 2 is 1.67 bits per heavy atom. The van der Waals surface area contributed by atoms with E-state index in [1.54, 1.807) is 0 Å². The minimum atomic E-state index is 0.0828. The first-order chi connectivity index (χ1) is 8.41. The summed E-state index contributed by atoms with van der Waals surface area (Å²) >= 11 is 0. The van der Waals surface area contributed by atoms with E-state index < -0.39 is 0 Å². The van der Waals surface area contributed by atoms with Crippen molar-refractivity contribution >= 4 is 0 Å². The molecule has 0 radical (unpaired) electrons. The van der Waals surface area contributed by atoms with Crippen molar-refractivity contribution in [1.29, 1.82) is 0 Å². The molecule has 1 aliphatic carbocycles. The van der Waals surface area contributed by atoms with Crippen LogP contribution in [0, 0.1) is 5.92 Å². The molecule has 0 aliphatic heterocycles. The number of likely N-dealkylation sites (N-methyl/N-ethyl adjacent to an activating group) is 1. The summed E-state index contributed by atoms with van der Waals surface area (Å²) in [6.07, 6.45) is 6.44. The van der Waals surface area contributed by atoms with E-state index in [0.717, 1.165) is 25.6 Å². The number of hydrogen-bond acceptors (Lipinski definition) is 3. The first-order valence-corrected chi connectivity index (χ1v) is 7.57. The van der Waals surface area contributed by atoms with Gasteiger partial charge in [0, 0.05) is 31.7 Å². The molecule has 3 heteroatoms. The zero-order chi connectivity index (χ0) is 13.6. The topological polar surface area (TPSA) is 32.5 Å². The first-order valence-electron chi connectivity index (χ1n) is 7.57. The second kappa shape index (κ2) is 7.46. The predicted octanol–water partition coefficient (Wildman–Crippen LogP) is 2.17. The summed E-state index contributed by atoms with van der Waals surface area (Å²) in [7, 11) is 4.29. The van der Waals surface area contributed by atoms with Crippen LogP contribution in [0.3, 0.4) is 0 Å². The third-order valence-corrected chi connectivity index (χ3v) is 3.87. The van der Waals surface area contributed by atoms with Crippen LogP contribution in [0.2, 0.25) is 0 Å². The molecule has 1 aliphatic rings. The van der Waals surface area contributed by atoms with Gasteiger partial charge in [0.15, 0.2) is 0 Å². The molecule has 0 aromatic rings. The highest BCUT2D eigenvalue weighted by Crippen LogP contribution is 2.26. The lowest BCUT2D eigenvalue weighted by atomic mass is 9.82. The lowest BCUT2D eigenvalue weighted by molar-refractivity contribution is 0.149. The Kier molecular flexibility index (Phi) is 6.61. The Bertz CT molecular complexity index is 220. The van der Waals surface area contributed by atoms with Gasteiger partial charge in [-0.3, -0.25) is 4.90 Å². The average molecular weight is 255 g/mol. The van der Waals surface area contributed by atoms with E-state index in [1.807, 2.05) is 0 Å². The maximum absolute atomic E-state index is 6.59. The summed E-state index contributed by atoms with van der Waals surface area (Å²) in [5, 5.41) is 0. The quantitative estimate of drug-likeness (QED) is 0.757. The molecule has 1 saturated carbocycles. The Morgan fingerprint density at radius 3 is 2.17 bits per heavy atom. The summed E-state index contributed by atoms with van der Waals surface area (Å²) < 4.78 is 0. The van der Waals surface area contributed by atoms with Crippen LogP contribution in [-0.2, 0) is 0 Å². The molecule has 0 heterocycles. The van der Waals surface area contributed by atoms with Crippen molar-refractivity contribution in [3.05, 3.63) is 0 Å². The predicted molar refractivity (Wildman–Crippen MR) is 79.8 cm³/mol. The third kappa shape index (κ3) is 6.17. The molecule has 0 saturated heterocycles. The fourth-order valence-corrected chi connectivity index (χ4v) is 2.95. The van der Waals surface area contributed by atoms with Crippen LogP contribution in [0.15, 0.2) is 0 Å². The Morgan fingerprint density at radius 1 is 1.06 bits per heavy atom. The van der Waals surface area contributed by atoms with E-state index in [2.05, 4.69) is 37.7 Å². The largest absolute Gasteiger partial charge is 0.324 e. The summed E-state index contributed by atoms with van der Waals surface area (Å²) in [5.74, 6) is 0.722. The summed E-state index contributed by atoms with van der Waals surface area (Å²) in [4.78, 5) is 4.84. The molecule has 3 nitrogen and oxygen atoms in total. The molecular weight excluding hydrogens is 222 g/mol. The molecule has 0 atom stereocenters. The van der Waals surface area contributed by atoms with Crippen LogP contribution < -0.4 is 5.73 Å². The summed E-state index contributed by atoms with van der Waals surface area (Å²) in [5.41, 5.74) is 6.67. The van der Waals surface area contributed by atoms with Gasteiger partial charge < -0.3 is 10.6 Å². The molecule has 18 heavy (non-hydrogen) atoms. The molecule has 2 N–H and O–H groups in total. The maximum atomic E-state index is 6.59. The van der Waals surface area contributed by atoms with Gasteiger partial charge in [-0.1, -0.05) is 33.1 Å². The zero-order valence-corrected chi connectivity index (χ0v) is 12.9. The Balaban J connectivity index is 2.47. The summed E-state index contributed by atoms with van der Waals surface area (Å²) in [6.45, 7) is 9.12. The van der Waals surface area contributed by atoms with Crippen LogP contribution in [0.4, 0.5) is 0 Å². The Labute approximate surface area is 114 Å². The molecule has 0 bridgehead atoms. The van der Waals surface area contributed by atoms with Gasteiger partial charge in [0.25, 0.3) is 0 Å². The first kappa shape index (κ1) is 15.9. The van der Waals surface area contributed by atoms with E-state index in [9.17, 15) is 0 Å². The molecule has 0 unspecified atom stereocenters. The van der Waals surface area contributed by atoms with Crippen LogP contribution in [0.5, 0.6) is 0 Å². The molecule has 1 fully saturated rings. The lowest BCUT2D eigenvalue weighted by Gasteiger charge is -2.39. The molecule has 0 aromatic carbocycles. The lowest BCUT2D eigenvalue weighted by Crippen LogP contribution is -2.53. The van der Waals surface area contributed by atoms with E-state index >= 15 is 0 Å². The summed E-state index contributed by atoms with van der Waals surface area (Å²) in [6, 6.07) is 0. The van der Waals surface area contributed by atoms with Crippen LogP contribution >= 0.6 is 0 Å². The van der Waals surface area contributed by atoms with E-state index in [1.165, 1.54) is 38.6 Å². The number of nitrogens with zero attached hydrogens (tertiary/aromatic N) is 2. The van der Waals surface area contributed by atoms with Gasteiger partial charge >= 0.3 is 0 Å². The SMILES string of the molecule is CC(C)CN(CCN(C)C)CC1(N)CCCCC1. The van der Waals surface area contributed by atoms with Gasteiger partial charge in [-0.15, -0.1) is 0 Å². The highest BCUT2D eigenvalue weighted by atomic mass is 15.2. The van der Waals surface area contributed by atoms with Gasteiger partial charge in [-0.25, -0.2) is 0 Å². The van der Waals surface area contributed by atoms with E-state index in [0.29, 0.717) is 0 Å². The van der Waals surface area contributed by atoms with Crippen molar-refractivity contribution in [3.8, 4) is 0 Å². The number of hydrogen-bond donors (Lipinski definition) is 1. The highest BCUT2D eigenvalue weighted by Gasteiger charge is 2.29. The van der Waals surface area contributed by atoms with Gasteiger partial charge in [-0.2, -0.15) is 0 Å². The van der Waals surface area contributed by atoms with Crippen molar-refractivity contribution in [2.24, 2.45) is 11.7 Å². The second-order valence-electron chi connectivity index (χ2n) is 6.86. The molecular formula is C15H33N3. The third-order valence-electron chi connectivity index (χ3n) is 3.87. The molecule has 0 aromatic heterocycles. The van der Waals surface area contributed by atoms with Gasteiger partial charge in [0.2, 0.25) is 0 Å². The minimum Gasteiger partial charge on any atom is -0.324 e. The fraction of sp³-hybridized carbons (Fsp3) is 1.00. The maximum Gasteiger partial charge on any atom is 0.0283 e. The molecule has 108 valence electrons. The average Bonchev–Trinajstić information content (AvgIpc) is 2.25. The standard InChI is InChI=1S/C15H33N3/c1-14(2)12-18(11-10-17(3)4)13-15(16)8-6-5-7-9-15/h14H,5-13,16H2,1-4H3. The number of rotatable bonds is 7. The fourth-order valence-electron chi connectivity index (χ4n) is 2.95. The zero-order valence-electron chi connectivity index (χ0n) is 12.9. The molecule has 0 amide bonds. The number of nitrogens with two attached hydrogens (primary N) is 1. The second-order valence-corrected chi connectivity index (χ2v) is 6.86. The minimum absolute atomic E-state index is 0.0828. The smallest absolute Gasteiger partial charge is 0.0283 e. The van der Waals surface area contributed by atoms with Crippen molar-refractivity contribution in [3.63, 3.8) is 0 Å².